The molecule has 2 rings (SSSR count). The number of ether oxygens (including phenoxy) is 1. The number of fused-ring (bicyclic) bond motifs is 1. The first kappa shape index (κ1) is 13.4. The molecule has 0 bridgehead atoms. The molecule has 2 aromatic rings. The molecule has 0 fully saturated rings. The smallest absolute Gasteiger partial charge is 0.317 e. The summed E-state index contributed by atoms with van der Waals surface area (Å²) in [5.74, 6) is -0.0581. The third-order valence-corrected chi connectivity index (χ3v) is 2.88. The van der Waals surface area contributed by atoms with Gasteiger partial charge in [-0.3, -0.25) is 4.79 Å². The van der Waals surface area contributed by atoms with E-state index < -0.39 is 5.97 Å². The summed E-state index contributed by atoms with van der Waals surface area (Å²) in [6.07, 6.45) is 0. The minimum atomic E-state index is -0.863. The lowest BCUT2D eigenvalue weighted by atomic mass is 10.0. The van der Waals surface area contributed by atoms with E-state index in [0.717, 1.165) is 22.1 Å². The molecule has 100 valence electrons. The molecule has 4 nitrogen and oxygen atoms in total. The Hall–Kier alpha value is -2.07. The van der Waals surface area contributed by atoms with Crippen LogP contribution in [0.25, 0.3) is 10.8 Å². The average Bonchev–Trinajstić information content (AvgIpc) is 2.40. The predicted molar refractivity (Wildman–Crippen MR) is 74.5 cm³/mol. The Balaban J connectivity index is 2.34. The average molecular weight is 259 g/mol. The van der Waals surface area contributed by atoms with Crippen LogP contribution in [-0.2, 0) is 11.3 Å². The molecule has 0 unspecified atom stereocenters. The van der Waals surface area contributed by atoms with Gasteiger partial charge in [0.15, 0.2) is 0 Å². The van der Waals surface area contributed by atoms with E-state index in [1.807, 2.05) is 43.3 Å². The summed E-state index contributed by atoms with van der Waals surface area (Å²) in [7, 11) is 0. The molecule has 0 aromatic heterocycles. The first-order valence-electron chi connectivity index (χ1n) is 6.28. The number of carbonyl (C=O) groups is 1. The number of nitrogens with one attached hydrogen (secondary N) is 1. The van der Waals surface area contributed by atoms with Gasteiger partial charge in [0.25, 0.3) is 0 Å². The zero-order chi connectivity index (χ0) is 13.7. The third kappa shape index (κ3) is 3.23. The van der Waals surface area contributed by atoms with Crippen LogP contribution in [0.15, 0.2) is 36.4 Å². The Labute approximate surface area is 112 Å². The van der Waals surface area contributed by atoms with Crippen molar-refractivity contribution in [2.24, 2.45) is 0 Å². The molecule has 0 atom stereocenters. The van der Waals surface area contributed by atoms with Crippen molar-refractivity contribution in [1.82, 2.24) is 5.32 Å². The first-order valence-corrected chi connectivity index (χ1v) is 6.28. The minimum absolute atomic E-state index is 0.0607. The van der Waals surface area contributed by atoms with Crippen LogP contribution < -0.4 is 10.1 Å². The molecule has 0 radical (unpaired) electrons. The number of benzene rings is 2. The van der Waals surface area contributed by atoms with E-state index in [-0.39, 0.29) is 6.54 Å². The summed E-state index contributed by atoms with van der Waals surface area (Å²) < 4.78 is 5.62. The highest BCUT2D eigenvalue weighted by molar-refractivity contribution is 5.87. The molecular formula is C15H17NO3. The van der Waals surface area contributed by atoms with Crippen molar-refractivity contribution in [2.45, 2.75) is 13.5 Å². The summed E-state index contributed by atoms with van der Waals surface area (Å²) in [4.78, 5) is 10.6. The van der Waals surface area contributed by atoms with E-state index in [9.17, 15) is 4.79 Å². The third-order valence-electron chi connectivity index (χ3n) is 2.88. The Morgan fingerprint density at radius 1 is 1.26 bits per heavy atom. The van der Waals surface area contributed by atoms with Crippen molar-refractivity contribution < 1.29 is 14.6 Å². The summed E-state index contributed by atoms with van der Waals surface area (Å²) in [6.45, 7) is 2.94. The van der Waals surface area contributed by atoms with Crippen LogP contribution in [0.5, 0.6) is 5.75 Å². The summed E-state index contributed by atoms with van der Waals surface area (Å²) in [5.41, 5.74) is 1.00. The second kappa shape index (κ2) is 6.20. The maximum Gasteiger partial charge on any atom is 0.317 e. The lowest BCUT2D eigenvalue weighted by molar-refractivity contribution is -0.136. The molecule has 0 aliphatic rings. The first-order chi connectivity index (χ1) is 9.22. The second-order valence-electron chi connectivity index (χ2n) is 4.19. The Morgan fingerprint density at radius 2 is 2.05 bits per heavy atom. The topological polar surface area (TPSA) is 58.6 Å². The van der Waals surface area contributed by atoms with Crippen LogP contribution in [0, 0.1) is 0 Å². The number of hydrogen-bond acceptors (Lipinski definition) is 3. The van der Waals surface area contributed by atoms with Gasteiger partial charge in [-0.1, -0.05) is 30.3 Å². The minimum Gasteiger partial charge on any atom is -0.494 e. The molecule has 0 saturated heterocycles. The van der Waals surface area contributed by atoms with E-state index >= 15 is 0 Å². The van der Waals surface area contributed by atoms with Crippen LogP contribution in [0.2, 0.25) is 0 Å². The zero-order valence-electron chi connectivity index (χ0n) is 10.8. The van der Waals surface area contributed by atoms with E-state index in [1.54, 1.807) is 0 Å². The van der Waals surface area contributed by atoms with E-state index in [2.05, 4.69) is 5.32 Å². The van der Waals surface area contributed by atoms with Gasteiger partial charge in [-0.05, 0) is 23.8 Å². The molecule has 0 saturated carbocycles. The van der Waals surface area contributed by atoms with Gasteiger partial charge in [-0.15, -0.1) is 0 Å². The summed E-state index contributed by atoms with van der Waals surface area (Å²) >= 11 is 0. The highest BCUT2D eigenvalue weighted by Gasteiger charge is 2.08. The van der Waals surface area contributed by atoms with Gasteiger partial charge in [-0.25, -0.2) is 0 Å². The maximum absolute atomic E-state index is 10.6. The molecule has 0 heterocycles. The highest BCUT2D eigenvalue weighted by atomic mass is 16.5. The molecule has 0 aliphatic heterocycles. The van der Waals surface area contributed by atoms with Crippen LogP contribution in [0.1, 0.15) is 12.5 Å². The monoisotopic (exact) mass is 259 g/mol. The fourth-order valence-corrected chi connectivity index (χ4v) is 2.08. The van der Waals surface area contributed by atoms with E-state index in [1.165, 1.54) is 0 Å². The van der Waals surface area contributed by atoms with Crippen molar-refractivity contribution in [3.05, 3.63) is 42.0 Å². The van der Waals surface area contributed by atoms with Gasteiger partial charge in [-0.2, -0.15) is 0 Å². The van der Waals surface area contributed by atoms with Gasteiger partial charge in [0.2, 0.25) is 0 Å². The SMILES string of the molecule is CCOc1ccc2ccccc2c1CNCC(=O)O. The number of hydrogen-bond donors (Lipinski definition) is 2. The maximum atomic E-state index is 10.6. The summed E-state index contributed by atoms with van der Waals surface area (Å²) in [5, 5.41) is 13.8. The van der Waals surface area contributed by atoms with Crippen LogP contribution in [0.3, 0.4) is 0 Å². The number of rotatable bonds is 6. The van der Waals surface area contributed by atoms with Crippen molar-refractivity contribution in [3.8, 4) is 5.75 Å². The normalized spacial score (nSPS) is 10.6. The Kier molecular flexibility index (Phi) is 4.36. The van der Waals surface area contributed by atoms with Crippen molar-refractivity contribution in [3.63, 3.8) is 0 Å². The number of carboxylic acids is 1. The molecule has 0 spiro atoms. The Morgan fingerprint density at radius 3 is 2.79 bits per heavy atom. The second-order valence-corrected chi connectivity index (χ2v) is 4.19. The largest absolute Gasteiger partial charge is 0.494 e. The van der Waals surface area contributed by atoms with Gasteiger partial charge in [0, 0.05) is 12.1 Å². The predicted octanol–water partition coefficient (Wildman–Crippen LogP) is 2.41. The molecule has 2 aromatic carbocycles. The zero-order valence-corrected chi connectivity index (χ0v) is 10.8. The van der Waals surface area contributed by atoms with Crippen LogP contribution in [0.4, 0.5) is 0 Å². The van der Waals surface area contributed by atoms with E-state index in [0.29, 0.717) is 13.2 Å². The quantitative estimate of drug-likeness (QED) is 0.836. The van der Waals surface area contributed by atoms with E-state index in [4.69, 9.17) is 9.84 Å². The molecule has 0 amide bonds. The number of aliphatic carboxylic acids is 1. The van der Waals surface area contributed by atoms with Crippen LogP contribution >= 0.6 is 0 Å². The number of carboxylic acid groups (broad SMARTS) is 1. The van der Waals surface area contributed by atoms with Crippen molar-refractivity contribution >= 4 is 16.7 Å². The standard InChI is InChI=1S/C15H17NO3/c1-2-19-14-8-7-11-5-3-4-6-12(11)13(14)9-16-10-15(17)18/h3-8,16H,2,9-10H2,1H3,(H,17,18). The fourth-order valence-electron chi connectivity index (χ4n) is 2.08. The van der Waals surface area contributed by atoms with Gasteiger partial charge >= 0.3 is 5.97 Å². The molecular weight excluding hydrogens is 242 g/mol. The molecule has 0 aliphatic carbocycles. The highest BCUT2D eigenvalue weighted by Crippen LogP contribution is 2.28. The molecule has 4 heteroatoms. The van der Waals surface area contributed by atoms with Crippen LogP contribution in [-0.4, -0.2) is 24.2 Å². The fraction of sp³-hybridized carbons (Fsp3) is 0.267. The van der Waals surface area contributed by atoms with Crippen molar-refractivity contribution in [2.75, 3.05) is 13.2 Å². The molecule has 2 N–H and O–H groups in total. The van der Waals surface area contributed by atoms with Gasteiger partial charge in [0.1, 0.15) is 5.75 Å². The lowest BCUT2D eigenvalue weighted by Crippen LogP contribution is -2.22. The van der Waals surface area contributed by atoms with Crippen molar-refractivity contribution in [1.29, 1.82) is 0 Å². The van der Waals surface area contributed by atoms with Gasteiger partial charge < -0.3 is 15.2 Å². The molecule has 19 heavy (non-hydrogen) atoms. The lowest BCUT2D eigenvalue weighted by Gasteiger charge is -2.13. The summed E-state index contributed by atoms with van der Waals surface area (Å²) in [6, 6.07) is 12.0. The Bertz CT molecular complexity index is 581. The van der Waals surface area contributed by atoms with Gasteiger partial charge in [0.05, 0.1) is 13.2 Å².